The van der Waals surface area contributed by atoms with Crippen LogP contribution in [0.15, 0.2) is 53.5 Å². The van der Waals surface area contributed by atoms with Crippen molar-refractivity contribution in [3.05, 3.63) is 75.8 Å². The van der Waals surface area contributed by atoms with E-state index >= 15 is 0 Å². The van der Waals surface area contributed by atoms with Crippen LogP contribution in [0.3, 0.4) is 0 Å². The molecule has 138 valence electrons. The third-order valence-electron chi connectivity index (χ3n) is 5.15. The third-order valence-corrected chi connectivity index (χ3v) is 5.15. The Bertz CT molecular complexity index is 1070. The maximum Gasteiger partial charge on any atom is 0.270 e. The number of methoxy groups -OCH3 is 1. The van der Waals surface area contributed by atoms with E-state index in [0.29, 0.717) is 12.2 Å². The number of nitrogens with zero attached hydrogens (tertiary/aromatic N) is 3. The van der Waals surface area contributed by atoms with Crippen molar-refractivity contribution >= 4 is 11.6 Å². The second-order valence-electron chi connectivity index (χ2n) is 6.77. The maximum absolute atomic E-state index is 13.2. The molecular weight excluding hydrogens is 342 g/mol. The van der Waals surface area contributed by atoms with E-state index in [9.17, 15) is 9.59 Å². The van der Waals surface area contributed by atoms with E-state index in [0.717, 1.165) is 29.8 Å². The summed E-state index contributed by atoms with van der Waals surface area (Å²) >= 11 is 0. The minimum Gasteiger partial charge on any atom is -0.497 e. The minimum atomic E-state index is -0.320. The van der Waals surface area contributed by atoms with Gasteiger partial charge in [-0.25, -0.2) is 4.98 Å². The summed E-state index contributed by atoms with van der Waals surface area (Å²) < 4.78 is 6.80. The van der Waals surface area contributed by atoms with E-state index in [1.54, 1.807) is 18.1 Å². The van der Waals surface area contributed by atoms with Crippen molar-refractivity contribution in [2.24, 2.45) is 0 Å². The molecule has 0 spiro atoms. The Morgan fingerprint density at radius 1 is 1.22 bits per heavy atom. The molecule has 1 aliphatic heterocycles. The van der Waals surface area contributed by atoms with E-state index < -0.39 is 0 Å². The number of likely N-dealkylation sites (tertiary alicyclic amines) is 1. The lowest BCUT2D eigenvalue weighted by molar-refractivity contribution is 0.0733. The average molecular weight is 363 g/mol. The minimum absolute atomic E-state index is 0.0652. The predicted molar refractivity (Wildman–Crippen MR) is 102 cm³/mol. The summed E-state index contributed by atoms with van der Waals surface area (Å²) in [5.41, 5.74) is 2.11. The van der Waals surface area contributed by atoms with Crippen LogP contribution in [0.25, 0.3) is 5.65 Å². The van der Waals surface area contributed by atoms with Crippen LogP contribution in [0.4, 0.5) is 0 Å². The predicted octanol–water partition coefficient (Wildman–Crippen LogP) is 2.99. The Kier molecular flexibility index (Phi) is 4.39. The number of ether oxygens (including phenoxy) is 1. The number of aryl methyl sites for hydroxylation is 1. The lowest BCUT2D eigenvalue weighted by atomic mass is 10.0. The van der Waals surface area contributed by atoms with Gasteiger partial charge in [-0.2, -0.15) is 0 Å². The van der Waals surface area contributed by atoms with Crippen LogP contribution in [-0.4, -0.2) is 33.8 Å². The summed E-state index contributed by atoms with van der Waals surface area (Å²) in [4.78, 5) is 32.2. The van der Waals surface area contributed by atoms with E-state index in [4.69, 9.17) is 4.74 Å². The standard InChI is InChI=1S/C21H21N3O3/c1-14-6-3-10-19-22-13-17(21(26)24(14)19)20(25)23-11-5-9-18(23)15-7-4-8-16(12-15)27-2/h3-4,6-8,10,12-13,18H,5,9,11H2,1-2H3/t18-/m1/s1. The van der Waals surface area contributed by atoms with Crippen LogP contribution in [0.1, 0.15) is 40.5 Å². The Morgan fingerprint density at radius 3 is 2.85 bits per heavy atom. The first kappa shape index (κ1) is 17.3. The van der Waals surface area contributed by atoms with Crippen molar-refractivity contribution < 1.29 is 9.53 Å². The number of rotatable bonds is 3. The van der Waals surface area contributed by atoms with E-state index in [1.165, 1.54) is 10.6 Å². The second kappa shape index (κ2) is 6.87. The molecule has 6 heteroatoms. The molecule has 0 N–H and O–H groups in total. The molecule has 3 heterocycles. The first-order valence-electron chi connectivity index (χ1n) is 9.02. The quantitative estimate of drug-likeness (QED) is 0.718. The maximum atomic E-state index is 13.2. The van der Waals surface area contributed by atoms with Gasteiger partial charge in [-0.3, -0.25) is 14.0 Å². The smallest absolute Gasteiger partial charge is 0.270 e. The highest BCUT2D eigenvalue weighted by molar-refractivity contribution is 5.94. The molecule has 0 saturated carbocycles. The van der Waals surface area contributed by atoms with Gasteiger partial charge in [0, 0.05) is 18.4 Å². The lowest BCUT2D eigenvalue weighted by Gasteiger charge is -2.25. The number of hydrogen-bond donors (Lipinski definition) is 0. The molecule has 1 amide bonds. The van der Waals surface area contributed by atoms with Gasteiger partial charge in [0.05, 0.1) is 13.2 Å². The monoisotopic (exact) mass is 363 g/mol. The molecule has 3 aromatic rings. The number of carbonyl (C=O) groups excluding carboxylic acids is 1. The first-order chi connectivity index (χ1) is 13.1. The van der Waals surface area contributed by atoms with Crippen molar-refractivity contribution in [1.82, 2.24) is 14.3 Å². The van der Waals surface area contributed by atoms with Gasteiger partial charge in [-0.1, -0.05) is 18.2 Å². The topological polar surface area (TPSA) is 63.9 Å². The van der Waals surface area contributed by atoms with Gasteiger partial charge in [0.15, 0.2) is 0 Å². The molecule has 6 nitrogen and oxygen atoms in total. The van der Waals surface area contributed by atoms with Crippen molar-refractivity contribution in [3.8, 4) is 5.75 Å². The fourth-order valence-corrected chi connectivity index (χ4v) is 3.78. The largest absolute Gasteiger partial charge is 0.497 e. The molecular formula is C21H21N3O3. The highest BCUT2D eigenvalue weighted by atomic mass is 16.5. The van der Waals surface area contributed by atoms with Crippen molar-refractivity contribution in [2.45, 2.75) is 25.8 Å². The number of aromatic nitrogens is 2. The van der Waals surface area contributed by atoms with E-state index in [2.05, 4.69) is 4.98 Å². The Morgan fingerprint density at radius 2 is 2.04 bits per heavy atom. The summed E-state index contributed by atoms with van der Waals surface area (Å²) in [7, 11) is 1.63. The van der Waals surface area contributed by atoms with Crippen LogP contribution in [0.5, 0.6) is 5.75 Å². The highest BCUT2D eigenvalue weighted by Crippen LogP contribution is 2.34. The number of amides is 1. The van der Waals surface area contributed by atoms with E-state index in [-0.39, 0.29) is 23.1 Å². The Hall–Kier alpha value is -3.15. The van der Waals surface area contributed by atoms with Gasteiger partial charge in [0.1, 0.15) is 17.0 Å². The van der Waals surface area contributed by atoms with Gasteiger partial charge in [-0.15, -0.1) is 0 Å². The third kappa shape index (κ3) is 2.97. The molecule has 2 aromatic heterocycles. The fraction of sp³-hybridized carbons (Fsp3) is 0.286. The molecule has 0 unspecified atom stereocenters. The summed E-state index contributed by atoms with van der Waals surface area (Å²) in [5, 5.41) is 0. The molecule has 27 heavy (non-hydrogen) atoms. The van der Waals surface area contributed by atoms with Crippen LogP contribution in [0, 0.1) is 6.92 Å². The average Bonchev–Trinajstić information content (AvgIpc) is 3.18. The summed E-state index contributed by atoms with van der Waals surface area (Å²) in [6.07, 6.45) is 3.16. The molecule has 4 rings (SSSR count). The van der Waals surface area contributed by atoms with Gasteiger partial charge >= 0.3 is 0 Å². The summed E-state index contributed by atoms with van der Waals surface area (Å²) in [5.74, 6) is 0.491. The normalized spacial score (nSPS) is 16.7. The number of hydrogen-bond acceptors (Lipinski definition) is 4. The first-order valence-corrected chi connectivity index (χ1v) is 9.02. The van der Waals surface area contributed by atoms with Crippen molar-refractivity contribution in [1.29, 1.82) is 0 Å². The zero-order valence-electron chi connectivity index (χ0n) is 15.4. The van der Waals surface area contributed by atoms with Crippen molar-refractivity contribution in [2.75, 3.05) is 13.7 Å². The SMILES string of the molecule is COc1cccc([C@H]2CCCN2C(=O)c2cnc3cccc(C)n3c2=O)c1. The highest BCUT2D eigenvalue weighted by Gasteiger charge is 2.32. The molecule has 1 aromatic carbocycles. The number of carbonyl (C=O) groups is 1. The number of benzene rings is 1. The fourth-order valence-electron chi connectivity index (χ4n) is 3.78. The zero-order valence-corrected chi connectivity index (χ0v) is 15.4. The Balaban J connectivity index is 1.73. The van der Waals surface area contributed by atoms with Gasteiger partial charge in [-0.05, 0) is 49.6 Å². The molecule has 1 fully saturated rings. The van der Waals surface area contributed by atoms with Gasteiger partial charge < -0.3 is 9.64 Å². The zero-order chi connectivity index (χ0) is 19.0. The van der Waals surface area contributed by atoms with E-state index in [1.807, 2.05) is 43.3 Å². The van der Waals surface area contributed by atoms with Crippen LogP contribution < -0.4 is 10.3 Å². The molecule has 0 bridgehead atoms. The van der Waals surface area contributed by atoms with Crippen LogP contribution in [0.2, 0.25) is 0 Å². The molecule has 1 saturated heterocycles. The molecule has 1 aliphatic rings. The number of fused-ring (bicyclic) bond motifs is 1. The summed E-state index contributed by atoms with van der Waals surface area (Å²) in [6, 6.07) is 13.1. The Labute approximate surface area is 157 Å². The summed E-state index contributed by atoms with van der Waals surface area (Å²) in [6.45, 7) is 2.45. The molecule has 1 atom stereocenters. The molecule has 0 radical (unpaired) electrons. The van der Waals surface area contributed by atoms with Gasteiger partial charge in [0.2, 0.25) is 0 Å². The second-order valence-corrected chi connectivity index (χ2v) is 6.77. The van der Waals surface area contributed by atoms with Crippen LogP contribution in [-0.2, 0) is 0 Å². The van der Waals surface area contributed by atoms with Crippen LogP contribution >= 0.6 is 0 Å². The number of pyridine rings is 1. The van der Waals surface area contributed by atoms with Crippen molar-refractivity contribution in [3.63, 3.8) is 0 Å². The molecule has 0 aliphatic carbocycles. The lowest BCUT2D eigenvalue weighted by Crippen LogP contribution is -2.36. The van der Waals surface area contributed by atoms with Gasteiger partial charge in [0.25, 0.3) is 11.5 Å².